The van der Waals surface area contributed by atoms with Crippen molar-refractivity contribution in [2.24, 2.45) is 10.2 Å². The number of carbonyl (C=O) groups excluding carboxylic acids is 2. The molecule has 0 aliphatic rings. The van der Waals surface area contributed by atoms with Gasteiger partial charge in [0.25, 0.3) is 5.91 Å². The summed E-state index contributed by atoms with van der Waals surface area (Å²) < 4.78 is 20.9. The molecule has 11 heteroatoms. The van der Waals surface area contributed by atoms with Crippen LogP contribution < -0.4 is 24.3 Å². The van der Waals surface area contributed by atoms with Gasteiger partial charge in [-0.1, -0.05) is 23.2 Å². The van der Waals surface area contributed by atoms with Gasteiger partial charge < -0.3 is 24.3 Å². The van der Waals surface area contributed by atoms with Crippen LogP contribution in [-0.4, -0.2) is 46.2 Å². The van der Waals surface area contributed by atoms with E-state index in [1.807, 2.05) is 0 Å². The summed E-state index contributed by atoms with van der Waals surface area (Å²) in [6, 6.07) is 4.64. The molecule has 31 heavy (non-hydrogen) atoms. The van der Waals surface area contributed by atoms with Gasteiger partial charge in [0.1, 0.15) is 11.4 Å². The first-order valence-electron chi connectivity index (χ1n) is 8.81. The third-order valence-electron chi connectivity index (χ3n) is 4.08. The van der Waals surface area contributed by atoms with Crippen molar-refractivity contribution in [3.05, 3.63) is 34.3 Å². The van der Waals surface area contributed by atoms with E-state index in [4.69, 9.17) is 42.1 Å². The fourth-order valence-electron chi connectivity index (χ4n) is 2.62. The zero-order chi connectivity index (χ0) is 23.1. The molecule has 0 saturated heterocycles. The Labute approximate surface area is 189 Å². The minimum absolute atomic E-state index is 0.208. The SMILES string of the molecule is COc1cc(Cl)c(OC)c(NC(=O)C(N=Nc2ccc(Cl)c(OC)c2OC)C(C)=O)c1. The molecule has 0 aliphatic carbocycles. The molecule has 0 heterocycles. The third-order valence-corrected chi connectivity index (χ3v) is 4.66. The Balaban J connectivity index is 2.37. The molecular formula is C20H21Cl2N3O6. The van der Waals surface area contributed by atoms with E-state index < -0.39 is 17.7 Å². The van der Waals surface area contributed by atoms with E-state index in [2.05, 4.69) is 15.5 Å². The molecule has 2 aromatic carbocycles. The molecule has 0 aliphatic heterocycles. The van der Waals surface area contributed by atoms with Gasteiger partial charge in [0.2, 0.25) is 6.04 Å². The maximum absolute atomic E-state index is 12.8. The number of methoxy groups -OCH3 is 4. The quantitative estimate of drug-likeness (QED) is 0.420. The molecule has 0 bridgehead atoms. The first-order valence-corrected chi connectivity index (χ1v) is 9.57. The lowest BCUT2D eigenvalue weighted by Crippen LogP contribution is -2.32. The van der Waals surface area contributed by atoms with E-state index in [9.17, 15) is 9.59 Å². The summed E-state index contributed by atoms with van der Waals surface area (Å²) in [4.78, 5) is 24.9. The van der Waals surface area contributed by atoms with Crippen molar-refractivity contribution >= 4 is 46.3 Å². The minimum Gasteiger partial charge on any atom is -0.497 e. The smallest absolute Gasteiger partial charge is 0.258 e. The van der Waals surface area contributed by atoms with Crippen molar-refractivity contribution in [1.82, 2.24) is 0 Å². The van der Waals surface area contributed by atoms with Gasteiger partial charge in [-0.3, -0.25) is 9.59 Å². The maximum Gasteiger partial charge on any atom is 0.258 e. The lowest BCUT2D eigenvalue weighted by Gasteiger charge is -2.15. The number of halogens is 2. The normalized spacial score (nSPS) is 11.7. The van der Waals surface area contributed by atoms with Gasteiger partial charge in [-0.25, -0.2) is 0 Å². The molecule has 0 spiro atoms. The number of Topliss-reactive ketones (excluding diaryl/α,β-unsaturated/α-hetero) is 1. The second-order valence-corrected chi connectivity index (χ2v) is 6.86. The Hall–Kier alpha value is -3.04. The topological polar surface area (TPSA) is 108 Å². The van der Waals surface area contributed by atoms with Crippen LogP contribution in [0.15, 0.2) is 34.5 Å². The highest BCUT2D eigenvalue weighted by Gasteiger charge is 2.25. The van der Waals surface area contributed by atoms with E-state index in [0.29, 0.717) is 10.8 Å². The molecule has 2 aromatic rings. The molecule has 1 N–H and O–H groups in total. The predicted octanol–water partition coefficient (Wildman–Crippen LogP) is 4.71. The van der Waals surface area contributed by atoms with Crippen LogP contribution in [0.1, 0.15) is 6.92 Å². The Morgan fingerprint density at radius 1 is 0.903 bits per heavy atom. The highest BCUT2D eigenvalue weighted by Crippen LogP contribution is 2.42. The van der Waals surface area contributed by atoms with Gasteiger partial charge in [-0.15, -0.1) is 0 Å². The first kappa shape index (κ1) is 24.2. The number of ketones is 1. The number of rotatable bonds is 9. The molecule has 0 saturated carbocycles. The van der Waals surface area contributed by atoms with E-state index in [0.717, 1.165) is 0 Å². The van der Waals surface area contributed by atoms with Crippen molar-refractivity contribution in [2.45, 2.75) is 13.0 Å². The molecule has 1 unspecified atom stereocenters. The number of hydrogen-bond acceptors (Lipinski definition) is 8. The van der Waals surface area contributed by atoms with Crippen LogP contribution in [0.5, 0.6) is 23.0 Å². The van der Waals surface area contributed by atoms with E-state index in [1.165, 1.54) is 59.6 Å². The third kappa shape index (κ3) is 5.56. The Morgan fingerprint density at radius 3 is 2.10 bits per heavy atom. The molecule has 0 fully saturated rings. The molecule has 0 aromatic heterocycles. The molecule has 1 atom stereocenters. The summed E-state index contributed by atoms with van der Waals surface area (Å²) in [6.07, 6.45) is 0. The largest absolute Gasteiger partial charge is 0.497 e. The number of amides is 1. The summed E-state index contributed by atoms with van der Waals surface area (Å²) >= 11 is 12.2. The summed E-state index contributed by atoms with van der Waals surface area (Å²) in [5, 5.41) is 11.0. The average Bonchev–Trinajstić information content (AvgIpc) is 2.73. The van der Waals surface area contributed by atoms with Crippen LogP contribution >= 0.6 is 23.2 Å². The number of nitrogens with zero attached hydrogens (tertiary/aromatic N) is 2. The van der Waals surface area contributed by atoms with E-state index in [1.54, 1.807) is 0 Å². The average molecular weight is 470 g/mol. The van der Waals surface area contributed by atoms with Gasteiger partial charge in [-0.2, -0.15) is 10.2 Å². The standard InChI is InChI=1S/C20H21Cl2N3O6/c1-10(26)16(25-24-14-7-6-12(21)18(30-4)19(14)31-5)20(27)23-15-9-11(28-2)8-13(22)17(15)29-3/h6-9,16H,1-5H3,(H,23,27). The number of benzene rings is 2. The van der Waals surface area contributed by atoms with E-state index in [-0.39, 0.29) is 33.6 Å². The van der Waals surface area contributed by atoms with Crippen LogP contribution in [0.3, 0.4) is 0 Å². The second-order valence-electron chi connectivity index (χ2n) is 6.04. The lowest BCUT2D eigenvalue weighted by atomic mass is 10.2. The number of ether oxygens (including phenoxy) is 4. The molecule has 1 amide bonds. The Kier molecular flexibility index (Phi) is 8.47. The van der Waals surface area contributed by atoms with Crippen molar-refractivity contribution in [2.75, 3.05) is 33.8 Å². The zero-order valence-corrected chi connectivity index (χ0v) is 19.0. The summed E-state index contributed by atoms with van der Waals surface area (Å²) in [5.41, 5.74) is 0.439. The van der Waals surface area contributed by atoms with Crippen LogP contribution in [0.25, 0.3) is 0 Å². The van der Waals surface area contributed by atoms with Crippen molar-refractivity contribution in [3.8, 4) is 23.0 Å². The number of hydrogen-bond donors (Lipinski definition) is 1. The van der Waals surface area contributed by atoms with Crippen molar-refractivity contribution < 1.29 is 28.5 Å². The summed E-state index contributed by atoms with van der Waals surface area (Å²) in [5.74, 6) is -0.213. The molecule has 9 nitrogen and oxygen atoms in total. The summed E-state index contributed by atoms with van der Waals surface area (Å²) in [6.45, 7) is 1.22. The van der Waals surface area contributed by atoms with Crippen LogP contribution in [0, 0.1) is 0 Å². The first-order chi connectivity index (χ1) is 14.8. The minimum atomic E-state index is -1.44. The van der Waals surface area contributed by atoms with Crippen molar-refractivity contribution in [1.29, 1.82) is 0 Å². The van der Waals surface area contributed by atoms with Crippen LogP contribution in [0.4, 0.5) is 11.4 Å². The predicted molar refractivity (Wildman–Crippen MR) is 117 cm³/mol. The fraction of sp³-hybridized carbons (Fsp3) is 0.300. The lowest BCUT2D eigenvalue weighted by molar-refractivity contribution is -0.126. The Morgan fingerprint density at radius 2 is 1.55 bits per heavy atom. The second kappa shape index (κ2) is 10.8. The van der Waals surface area contributed by atoms with Gasteiger partial charge in [0, 0.05) is 12.1 Å². The van der Waals surface area contributed by atoms with Gasteiger partial charge in [0.05, 0.1) is 44.2 Å². The molecule has 166 valence electrons. The summed E-state index contributed by atoms with van der Waals surface area (Å²) in [7, 11) is 5.67. The van der Waals surface area contributed by atoms with Gasteiger partial charge in [0.15, 0.2) is 23.0 Å². The van der Waals surface area contributed by atoms with Crippen LogP contribution in [0.2, 0.25) is 10.0 Å². The van der Waals surface area contributed by atoms with Crippen molar-refractivity contribution in [3.63, 3.8) is 0 Å². The zero-order valence-electron chi connectivity index (χ0n) is 17.5. The van der Waals surface area contributed by atoms with E-state index >= 15 is 0 Å². The molecular weight excluding hydrogens is 449 g/mol. The fourth-order valence-corrected chi connectivity index (χ4v) is 3.13. The number of anilines is 1. The number of carbonyl (C=O) groups is 2. The monoisotopic (exact) mass is 469 g/mol. The van der Waals surface area contributed by atoms with Gasteiger partial charge >= 0.3 is 0 Å². The highest BCUT2D eigenvalue weighted by atomic mass is 35.5. The van der Waals surface area contributed by atoms with Gasteiger partial charge in [-0.05, 0) is 19.1 Å². The number of azo groups is 1. The van der Waals surface area contributed by atoms with Crippen LogP contribution in [-0.2, 0) is 9.59 Å². The maximum atomic E-state index is 12.8. The molecule has 2 rings (SSSR count). The highest BCUT2D eigenvalue weighted by molar-refractivity contribution is 6.33. The number of nitrogens with one attached hydrogen (secondary N) is 1. The molecule has 0 radical (unpaired) electrons. The Bertz CT molecular complexity index is 1010.